The van der Waals surface area contributed by atoms with Gasteiger partial charge in [0.15, 0.2) is 5.82 Å². The number of hydrogen-bond acceptors (Lipinski definition) is 3. The summed E-state index contributed by atoms with van der Waals surface area (Å²) in [6.07, 6.45) is 0. The smallest absolute Gasteiger partial charge is 0.340 e. The van der Waals surface area contributed by atoms with Crippen molar-refractivity contribution in [1.29, 1.82) is 0 Å². The summed E-state index contributed by atoms with van der Waals surface area (Å²) in [7, 11) is 0. The number of nitrogens with two attached hydrogens (primary N) is 1. The van der Waals surface area contributed by atoms with Crippen molar-refractivity contribution in [2.24, 2.45) is 0 Å². The van der Waals surface area contributed by atoms with Gasteiger partial charge in [0, 0.05) is 5.56 Å². The topological polar surface area (TPSA) is 87.6 Å². The van der Waals surface area contributed by atoms with Gasteiger partial charge in [0.05, 0.1) is 10.7 Å². The van der Waals surface area contributed by atoms with Crippen LogP contribution in [0, 0.1) is 0 Å². The molecular weight excluding hydrogens is 204 g/mol. The van der Waals surface area contributed by atoms with E-state index in [1.54, 1.807) is 18.2 Å². The third-order valence-electron chi connectivity index (χ3n) is 1.77. The van der Waals surface area contributed by atoms with Gasteiger partial charge in [0.2, 0.25) is 0 Å². The number of hydrogen-bond donors (Lipinski definition) is 3. The molecule has 0 fully saturated rings. The summed E-state index contributed by atoms with van der Waals surface area (Å²) in [5, 5.41) is 6.51. The molecule has 0 saturated carbocycles. The maximum absolute atomic E-state index is 10.8. The fourth-order valence-corrected chi connectivity index (χ4v) is 1.22. The van der Waals surface area contributed by atoms with E-state index in [2.05, 4.69) is 15.2 Å². The zero-order valence-corrected chi connectivity index (χ0v) is 7.80. The van der Waals surface area contributed by atoms with Crippen LogP contribution in [-0.2, 0) is 0 Å². The zero-order valence-electron chi connectivity index (χ0n) is 7.04. The lowest BCUT2D eigenvalue weighted by atomic mass is 10.2. The van der Waals surface area contributed by atoms with Crippen molar-refractivity contribution >= 4 is 17.3 Å². The molecule has 0 aliphatic carbocycles. The Morgan fingerprint density at radius 2 is 2.21 bits per heavy atom. The Labute approximate surface area is 83.9 Å². The zero-order chi connectivity index (χ0) is 10.1. The number of H-pyrrole nitrogens is 2. The molecule has 0 atom stereocenters. The maximum atomic E-state index is 10.8. The summed E-state index contributed by atoms with van der Waals surface area (Å²) >= 11 is 5.75. The minimum atomic E-state index is -0.353. The Morgan fingerprint density at radius 1 is 1.43 bits per heavy atom. The average Bonchev–Trinajstić information content (AvgIpc) is 2.57. The lowest BCUT2D eigenvalue weighted by Gasteiger charge is -1.99. The number of rotatable bonds is 1. The molecule has 0 radical (unpaired) electrons. The Morgan fingerprint density at radius 3 is 2.79 bits per heavy atom. The fraction of sp³-hybridized carbons (Fsp3) is 0. The molecule has 1 heterocycles. The van der Waals surface area contributed by atoms with E-state index in [1.807, 2.05) is 0 Å². The number of nitrogens with zero attached hydrogens (tertiary/aromatic N) is 1. The van der Waals surface area contributed by atoms with Crippen LogP contribution >= 0.6 is 11.6 Å². The molecule has 0 amide bonds. The normalized spacial score (nSPS) is 10.4. The molecule has 0 saturated heterocycles. The first-order chi connectivity index (χ1) is 6.66. The van der Waals surface area contributed by atoms with E-state index < -0.39 is 0 Å². The van der Waals surface area contributed by atoms with Gasteiger partial charge in [0.1, 0.15) is 0 Å². The highest BCUT2D eigenvalue weighted by molar-refractivity contribution is 6.33. The maximum Gasteiger partial charge on any atom is 0.340 e. The monoisotopic (exact) mass is 210 g/mol. The second kappa shape index (κ2) is 3.19. The molecule has 0 aliphatic heterocycles. The van der Waals surface area contributed by atoms with Crippen LogP contribution < -0.4 is 11.4 Å². The third kappa shape index (κ3) is 1.49. The van der Waals surface area contributed by atoms with E-state index >= 15 is 0 Å². The van der Waals surface area contributed by atoms with Crippen molar-refractivity contribution in [1.82, 2.24) is 15.2 Å². The number of nitrogens with one attached hydrogen (secondary N) is 2. The summed E-state index contributed by atoms with van der Waals surface area (Å²) in [5.74, 6) is 0.443. The number of halogens is 1. The highest BCUT2D eigenvalue weighted by Crippen LogP contribution is 2.23. The van der Waals surface area contributed by atoms with Gasteiger partial charge in [-0.25, -0.2) is 9.89 Å². The number of benzene rings is 1. The molecule has 72 valence electrons. The molecule has 0 bridgehead atoms. The molecule has 6 heteroatoms. The first-order valence-electron chi connectivity index (χ1n) is 3.87. The van der Waals surface area contributed by atoms with Gasteiger partial charge in [-0.1, -0.05) is 11.6 Å². The molecule has 4 N–H and O–H groups in total. The van der Waals surface area contributed by atoms with Crippen LogP contribution in [0.5, 0.6) is 0 Å². The van der Waals surface area contributed by atoms with Crippen molar-refractivity contribution in [2.75, 3.05) is 5.73 Å². The largest absolute Gasteiger partial charge is 0.398 e. The van der Waals surface area contributed by atoms with Crippen LogP contribution in [-0.4, -0.2) is 15.2 Å². The van der Waals surface area contributed by atoms with Gasteiger partial charge in [-0.15, -0.1) is 0 Å². The summed E-state index contributed by atoms with van der Waals surface area (Å²) in [5.41, 5.74) is 6.41. The summed E-state index contributed by atoms with van der Waals surface area (Å²) in [6, 6.07) is 5.03. The predicted octanol–water partition coefficient (Wildman–Crippen LogP) is 1.00. The Bertz CT molecular complexity index is 516. The van der Waals surface area contributed by atoms with Crippen LogP contribution in [0.2, 0.25) is 5.02 Å². The van der Waals surface area contributed by atoms with Crippen molar-refractivity contribution in [2.45, 2.75) is 0 Å². The van der Waals surface area contributed by atoms with Crippen LogP contribution in [0.4, 0.5) is 5.69 Å². The minimum absolute atomic E-state index is 0.353. The third-order valence-corrected chi connectivity index (χ3v) is 2.11. The second-order valence-electron chi connectivity index (χ2n) is 2.76. The molecule has 0 unspecified atom stereocenters. The second-order valence-corrected chi connectivity index (χ2v) is 3.17. The number of aromatic amines is 2. The first-order valence-corrected chi connectivity index (χ1v) is 4.24. The quantitative estimate of drug-likeness (QED) is 0.614. The molecule has 5 nitrogen and oxygen atoms in total. The lowest BCUT2D eigenvalue weighted by molar-refractivity contribution is 1.05. The Balaban J connectivity index is 2.52. The minimum Gasteiger partial charge on any atom is -0.398 e. The Kier molecular flexibility index (Phi) is 2.01. The highest BCUT2D eigenvalue weighted by Gasteiger charge is 2.04. The van der Waals surface area contributed by atoms with Crippen LogP contribution in [0.1, 0.15) is 0 Å². The van der Waals surface area contributed by atoms with Crippen LogP contribution in [0.25, 0.3) is 11.4 Å². The van der Waals surface area contributed by atoms with Crippen LogP contribution in [0.3, 0.4) is 0 Å². The van der Waals surface area contributed by atoms with Crippen molar-refractivity contribution in [3.05, 3.63) is 33.7 Å². The molecule has 2 aromatic rings. The van der Waals surface area contributed by atoms with E-state index in [-0.39, 0.29) is 5.69 Å². The molecule has 0 aliphatic rings. The van der Waals surface area contributed by atoms with Crippen LogP contribution in [0.15, 0.2) is 23.0 Å². The number of aromatic nitrogens is 3. The highest BCUT2D eigenvalue weighted by atomic mass is 35.5. The first kappa shape index (κ1) is 8.83. The Hall–Kier alpha value is -1.75. The number of anilines is 1. The van der Waals surface area contributed by atoms with Gasteiger partial charge in [-0.3, -0.25) is 4.98 Å². The number of nitrogen functional groups attached to an aromatic ring is 1. The van der Waals surface area contributed by atoms with Gasteiger partial charge in [-0.2, -0.15) is 5.10 Å². The molecule has 1 aromatic carbocycles. The summed E-state index contributed by atoms with van der Waals surface area (Å²) in [6.45, 7) is 0. The lowest BCUT2D eigenvalue weighted by Crippen LogP contribution is -2.00. The van der Waals surface area contributed by atoms with Gasteiger partial charge < -0.3 is 5.73 Å². The van der Waals surface area contributed by atoms with E-state index in [1.165, 1.54) is 0 Å². The molecule has 2 rings (SSSR count). The standard InChI is InChI=1S/C8H7ClN4O/c9-5-2-1-4(3-6(5)10)7-11-8(14)13-12-7/h1-3H,10H2,(H2,11,12,13,14). The van der Waals surface area contributed by atoms with E-state index in [4.69, 9.17) is 17.3 Å². The van der Waals surface area contributed by atoms with Gasteiger partial charge in [0.25, 0.3) is 0 Å². The predicted molar refractivity (Wildman–Crippen MR) is 54.1 cm³/mol. The summed E-state index contributed by atoms with van der Waals surface area (Å²) in [4.78, 5) is 13.3. The molecule has 1 aromatic heterocycles. The van der Waals surface area contributed by atoms with Crippen molar-refractivity contribution in [3.63, 3.8) is 0 Å². The molecular formula is C8H7ClN4O. The van der Waals surface area contributed by atoms with Gasteiger partial charge in [-0.05, 0) is 18.2 Å². The van der Waals surface area contributed by atoms with Gasteiger partial charge >= 0.3 is 5.69 Å². The van der Waals surface area contributed by atoms with E-state index in [0.717, 1.165) is 0 Å². The fourth-order valence-electron chi connectivity index (χ4n) is 1.10. The molecule has 0 spiro atoms. The molecule has 14 heavy (non-hydrogen) atoms. The van der Waals surface area contributed by atoms with Crippen molar-refractivity contribution < 1.29 is 0 Å². The van der Waals surface area contributed by atoms with Crippen molar-refractivity contribution in [3.8, 4) is 11.4 Å². The summed E-state index contributed by atoms with van der Waals surface area (Å²) < 4.78 is 0. The van der Waals surface area contributed by atoms with E-state index in [0.29, 0.717) is 22.1 Å². The van der Waals surface area contributed by atoms with E-state index in [9.17, 15) is 4.79 Å². The SMILES string of the molecule is Nc1cc(-c2n[nH]c(=O)[nH]2)ccc1Cl. The average molecular weight is 211 g/mol.